The standard InChI is InChI=1S/C15H13BrIN5O3S/c1-25-10-4-2-9(3-5-10)8-22-20-15(19-21-22)13-12(17)7-6-11(16)14(13)26(18,23)24/h2-7H,8H2,1H3,(H2,18,23,24). The van der Waals surface area contributed by atoms with E-state index in [2.05, 4.69) is 31.3 Å². The van der Waals surface area contributed by atoms with Crippen molar-refractivity contribution in [3.8, 4) is 17.1 Å². The molecule has 0 aliphatic carbocycles. The number of primary sulfonamides is 1. The normalized spacial score (nSPS) is 11.5. The van der Waals surface area contributed by atoms with Gasteiger partial charge in [-0.05, 0) is 73.6 Å². The SMILES string of the molecule is COc1ccc(Cn2nnc(-c3c(I)ccc(Br)c3S(N)(=O)=O)n2)cc1. The molecule has 0 amide bonds. The van der Waals surface area contributed by atoms with Crippen LogP contribution in [0, 0.1) is 3.57 Å². The van der Waals surface area contributed by atoms with Crippen LogP contribution in [0.15, 0.2) is 45.8 Å². The average molecular weight is 550 g/mol. The van der Waals surface area contributed by atoms with Gasteiger partial charge in [0.15, 0.2) is 0 Å². The summed E-state index contributed by atoms with van der Waals surface area (Å²) in [6, 6.07) is 10.8. The number of methoxy groups -OCH3 is 1. The molecule has 136 valence electrons. The minimum absolute atomic E-state index is 0.0617. The number of nitrogens with two attached hydrogens (primary N) is 1. The lowest BCUT2D eigenvalue weighted by atomic mass is 10.2. The van der Waals surface area contributed by atoms with Gasteiger partial charge in [0.05, 0.1) is 19.2 Å². The summed E-state index contributed by atoms with van der Waals surface area (Å²) in [4.78, 5) is 1.33. The lowest BCUT2D eigenvalue weighted by Gasteiger charge is -2.09. The van der Waals surface area contributed by atoms with Crippen LogP contribution in [0.5, 0.6) is 5.75 Å². The smallest absolute Gasteiger partial charge is 0.239 e. The van der Waals surface area contributed by atoms with Crippen molar-refractivity contribution in [1.29, 1.82) is 0 Å². The zero-order valence-electron chi connectivity index (χ0n) is 13.4. The van der Waals surface area contributed by atoms with Crippen molar-refractivity contribution in [3.05, 3.63) is 50.0 Å². The van der Waals surface area contributed by atoms with E-state index in [0.29, 0.717) is 20.2 Å². The Hall–Kier alpha value is -1.57. The highest BCUT2D eigenvalue weighted by Crippen LogP contribution is 2.34. The first kappa shape index (κ1) is 19.2. The predicted molar refractivity (Wildman–Crippen MR) is 107 cm³/mol. The zero-order valence-corrected chi connectivity index (χ0v) is 18.0. The largest absolute Gasteiger partial charge is 0.497 e. The van der Waals surface area contributed by atoms with Gasteiger partial charge in [-0.15, -0.1) is 10.2 Å². The highest BCUT2D eigenvalue weighted by Gasteiger charge is 2.24. The van der Waals surface area contributed by atoms with Crippen molar-refractivity contribution < 1.29 is 13.2 Å². The van der Waals surface area contributed by atoms with Crippen molar-refractivity contribution in [2.24, 2.45) is 5.14 Å². The molecule has 0 aliphatic rings. The second-order valence-electron chi connectivity index (χ2n) is 5.27. The Kier molecular flexibility index (Phi) is 5.60. The predicted octanol–water partition coefficient (Wildman–Crippen LogP) is 2.41. The lowest BCUT2D eigenvalue weighted by molar-refractivity contribution is 0.414. The van der Waals surface area contributed by atoms with Crippen molar-refractivity contribution >= 4 is 48.5 Å². The number of aromatic nitrogens is 4. The van der Waals surface area contributed by atoms with Crippen LogP contribution in [0.4, 0.5) is 0 Å². The van der Waals surface area contributed by atoms with Crippen LogP contribution in [0.3, 0.4) is 0 Å². The molecule has 2 N–H and O–H groups in total. The third-order valence-electron chi connectivity index (χ3n) is 3.50. The van der Waals surface area contributed by atoms with Gasteiger partial charge >= 0.3 is 0 Å². The molecular weight excluding hydrogens is 537 g/mol. The second kappa shape index (κ2) is 7.58. The lowest BCUT2D eigenvalue weighted by Crippen LogP contribution is -2.15. The maximum absolute atomic E-state index is 12.0. The summed E-state index contributed by atoms with van der Waals surface area (Å²) in [7, 11) is -2.37. The first-order valence-corrected chi connectivity index (χ1v) is 10.6. The fraction of sp³-hybridized carbons (Fsp3) is 0.133. The molecule has 0 bridgehead atoms. The molecule has 11 heteroatoms. The van der Waals surface area contributed by atoms with Gasteiger partial charge in [0.2, 0.25) is 15.8 Å². The molecule has 0 aliphatic heterocycles. The molecule has 3 aromatic rings. The van der Waals surface area contributed by atoms with Gasteiger partial charge in [-0.2, -0.15) is 4.80 Å². The van der Waals surface area contributed by atoms with E-state index in [1.54, 1.807) is 19.2 Å². The Balaban J connectivity index is 1.99. The average Bonchev–Trinajstić information content (AvgIpc) is 3.04. The molecule has 26 heavy (non-hydrogen) atoms. The first-order valence-electron chi connectivity index (χ1n) is 7.21. The van der Waals surface area contributed by atoms with Crippen molar-refractivity contribution in [2.45, 2.75) is 11.4 Å². The third-order valence-corrected chi connectivity index (χ3v) is 6.32. The molecule has 1 aromatic heterocycles. The molecule has 0 saturated carbocycles. The number of nitrogens with zero attached hydrogens (tertiary/aromatic N) is 4. The summed E-state index contributed by atoms with van der Waals surface area (Å²) in [6.45, 7) is 0.381. The quantitative estimate of drug-likeness (QED) is 0.489. The van der Waals surface area contributed by atoms with Crippen LogP contribution in [0.2, 0.25) is 0 Å². The zero-order chi connectivity index (χ0) is 18.9. The topological polar surface area (TPSA) is 113 Å². The molecule has 3 rings (SSSR count). The van der Waals surface area contributed by atoms with Crippen LogP contribution in [0.1, 0.15) is 5.56 Å². The number of rotatable bonds is 5. The van der Waals surface area contributed by atoms with Gasteiger partial charge in [0.25, 0.3) is 0 Å². The van der Waals surface area contributed by atoms with Crippen LogP contribution < -0.4 is 9.88 Å². The number of tetrazole rings is 1. The molecule has 0 fully saturated rings. The molecule has 0 atom stereocenters. The van der Waals surface area contributed by atoms with E-state index in [1.165, 1.54) is 4.80 Å². The van der Waals surface area contributed by atoms with Crippen molar-refractivity contribution in [1.82, 2.24) is 20.2 Å². The molecule has 0 radical (unpaired) electrons. The molecule has 0 unspecified atom stereocenters. The molecule has 2 aromatic carbocycles. The van der Waals surface area contributed by atoms with Crippen LogP contribution in [0.25, 0.3) is 11.4 Å². The van der Waals surface area contributed by atoms with E-state index in [-0.39, 0.29) is 10.7 Å². The number of halogens is 2. The Morgan fingerprint density at radius 3 is 2.54 bits per heavy atom. The van der Waals surface area contributed by atoms with Gasteiger partial charge < -0.3 is 4.74 Å². The second-order valence-corrected chi connectivity index (χ2v) is 8.78. The Labute approximate surface area is 172 Å². The Bertz CT molecular complexity index is 1050. The summed E-state index contributed by atoms with van der Waals surface area (Å²) < 4.78 is 30.1. The van der Waals surface area contributed by atoms with E-state index >= 15 is 0 Å². The fourth-order valence-corrected chi connectivity index (χ4v) is 5.03. The van der Waals surface area contributed by atoms with E-state index in [0.717, 1.165) is 11.3 Å². The number of benzene rings is 2. The third kappa shape index (κ3) is 4.05. The molecule has 0 spiro atoms. The van der Waals surface area contributed by atoms with Crippen LogP contribution >= 0.6 is 38.5 Å². The van der Waals surface area contributed by atoms with E-state index in [1.807, 2.05) is 46.9 Å². The molecular formula is C15H13BrIN5O3S. The van der Waals surface area contributed by atoms with Crippen LogP contribution in [-0.2, 0) is 16.6 Å². The summed E-state index contributed by atoms with van der Waals surface area (Å²) >= 11 is 5.25. The fourth-order valence-electron chi connectivity index (χ4n) is 2.32. The van der Waals surface area contributed by atoms with Crippen molar-refractivity contribution in [3.63, 3.8) is 0 Å². The number of ether oxygens (including phenoxy) is 1. The van der Waals surface area contributed by atoms with E-state index in [4.69, 9.17) is 9.88 Å². The maximum Gasteiger partial charge on any atom is 0.239 e. The molecule has 0 saturated heterocycles. The van der Waals surface area contributed by atoms with Gasteiger partial charge in [-0.25, -0.2) is 13.6 Å². The molecule has 1 heterocycles. The van der Waals surface area contributed by atoms with Crippen molar-refractivity contribution in [2.75, 3.05) is 7.11 Å². The monoisotopic (exact) mass is 549 g/mol. The Morgan fingerprint density at radius 1 is 1.23 bits per heavy atom. The van der Waals surface area contributed by atoms with Gasteiger partial charge in [-0.3, -0.25) is 0 Å². The number of hydrogen-bond donors (Lipinski definition) is 1. The summed E-state index contributed by atoms with van der Waals surface area (Å²) in [5.74, 6) is 0.940. The van der Waals surface area contributed by atoms with E-state index < -0.39 is 10.0 Å². The number of sulfonamides is 1. The maximum atomic E-state index is 12.0. The van der Waals surface area contributed by atoms with E-state index in [9.17, 15) is 8.42 Å². The summed E-state index contributed by atoms with van der Waals surface area (Å²) in [6.07, 6.45) is 0. The number of hydrogen-bond acceptors (Lipinski definition) is 6. The van der Waals surface area contributed by atoms with Crippen LogP contribution in [-0.4, -0.2) is 35.7 Å². The van der Waals surface area contributed by atoms with Gasteiger partial charge in [0, 0.05) is 8.04 Å². The summed E-state index contributed by atoms with van der Waals surface area (Å²) in [5.41, 5.74) is 1.27. The van der Waals surface area contributed by atoms with Gasteiger partial charge in [0.1, 0.15) is 10.6 Å². The Morgan fingerprint density at radius 2 is 1.92 bits per heavy atom. The summed E-state index contributed by atoms with van der Waals surface area (Å²) in [5, 5.41) is 17.7. The first-order chi connectivity index (χ1) is 12.3. The minimum atomic E-state index is -3.97. The highest BCUT2D eigenvalue weighted by atomic mass is 127. The minimum Gasteiger partial charge on any atom is -0.497 e. The molecule has 8 nitrogen and oxygen atoms in total. The van der Waals surface area contributed by atoms with Gasteiger partial charge in [-0.1, -0.05) is 12.1 Å². The highest BCUT2D eigenvalue weighted by molar-refractivity contribution is 14.1.